The number of hydrogen-bond donors (Lipinski definition) is 1. The number of nitrogens with one attached hydrogen (secondary N) is 1. The van der Waals surface area contributed by atoms with Gasteiger partial charge < -0.3 is 19.7 Å². The predicted molar refractivity (Wildman–Crippen MR) is 136 cm³/mol. The molecule has 0 fully saturated rings. The van der Waals surface area contributed by atoms with Crippen molar-refractivity contribution in [3.8, 4) is 11.5 Å². The van der Waals surface area contributed by atoms with Crippen LogP contribution in [0.25, 0.3) is 0 Å². The number of carbonyl (C=O) groups excluding carboxylic acids is 2. The number of methoxy groups -OCH3 is 2. The number of rotatable bonds is 13. The molecule has 0 aliphatic heterocycles. The quantitative estimate of drug-likeness (QED) is 0.420. The van der Waals surface area contributed by atoms with Crippen LogP contribution in [0.5, 0.6) is 11.5 Å². The minimum atomic E-state index is -3.81. The van der Waals surface area contributed by atoms with Gasteiger partial charge in [0.2, 0.25) is 21.8 Å². The van der Waals surface area contributed by atoms with Crippen molar-refractivity contribution in [1.82, 2.24) is 10.2 Å². The molecule has 2 amide bonds. The lowest BCUT2D eigenvalue weighted by molar-refractivity contribution is -0.139. The van der Waals surface area contributed by atoms with Crippen molar-refractivity contribution in [2.24, 2.45) is 0 Å². The number of nitrogens with zero attached hydrogens (tertiary/aromatic N) is 2. The first-order chi connectivity index (χ1) is 16.6. The molecule has 2 aromatic carbocycles. The molecule has 0 saturated carbocycles. The highest BCUT2D eigenvalue weighted by molar-refractivity contribution is 7.92. The Hall–Kier alpha value is -3.27. The molecule has 0 radical (unpaired) electrons. The maximum Gasteiger partial charge on any atom is 0.244 e. The van der Waals surface area contributed by atoms with E-state index < -0.39 is 28.5 Å². The third-order valence-electron chi connectivity index (χ3n) is 5.50. The first kappa shape index (κ1) is 28.0. The van der Waals surface area contributed by atoms with E-state index in [1.165, 1.54) is 12.0 Å². The second-order valence-corrected chi connectivity index (χ2v) is 10.1. The van der Waals surface area contributed by atoms with Gasteiger partial charge in [0.15, 0.2) is 0 Å². The molecule has 2 aromatic rings. The van der Waals surface area contributed by atoms with Crippen LogP contribution in [-0.2, 0) is 26.2 Å². The number of ether oxygens (including phenoxy) is 2. The summed E-state index contributed by atoms with van der Waals surface area (Å²) in [6.07, 6.45) is 2.78. The van der Waals surface area contributed by atoms with Crippen LogP contribution >= 0.6 is 0 Å². The summed E-state index contributed by atoms with van der Waals surface area (Å²) in [5, 5.41) is 2.85. The number of anilines is 1. The van der Waals surface area contributed by atoms with Crippen LogP contribution in [0, 0.1) is 0 Å². The zero-order valence-electron chi connectivity index (χ0n) is 21.0. The lowest BCUT2D eigenvalue weighted by Crippen LogP contribution is -2.51. The minimum Gasteiger partial charge on any atom is -0.497 e. The summed E-state index contributed by atoms with van der Waals surface area (Å²) >= 11 is 0. The summed E-state index contributed by atoms with van der Waals surface area (Å²) in [5.41, 5.74) is 1.04. The predicted octanol–water partition coefficient (Wildman–Crippen LogP) is 2.80. The minimum absolute atomic E-state index is 0.105. The second kappa shape index (κ2) is 13.0. The van der Waals surface area contributed by atoms with Crippen LogP contribution in [0.15, 0.2) is 48.5 Å². The average Bonchev–Trinajstić information content (AvgIpc) is 2.84. The highest BCUT2D eigenvalue weighted by Gasteiger charge is 2.30. The number of benzene rings is 2. The Labute approximate surface area is 208 Å². The summed E-state index contributed by atoms with van der Waals surface area (Å²) in [6, 6.07) is 12.8. The van der Waals surface area contributed by atoms with E-state index in [2.05, 4.69) is 5.32 Å². The summed E-state index contributed by atoms with van der Waals surface area (Å²) in [6.45, 7) is 3.79. The Morgan fingerprint density at radius 1 is 1.03 bits per heavy atom. The van der Waals surface area contributed by atoms with Gasteiger partial charge in [-0.1, -0.05) is 31.5 Å². The highest BCUT2D eigenvalue weighted by Crippen LogP contribution is 2.24. The molecule has 1 unspecified atom stereocenters. The topological polar surface area (TPSA) is 105 Å². The molecule has 0 saturated heterocycles. The lowest BCUT2D eigenvalue weighted by atomic mass is 10.1. The summed E-state index contributed by atoms with van der Waals surface area (Å²) in [4.78, 5) is 27.8. The van der Waals surface area contributed by atoms with Gasteiger partial charge in [-0.2, -0.15) is 0 Å². The molecule has 0 aliphatic carbocycles. The second-order valence-electron chi connectivity index (χ2n) is 8.16. The average molecular weight is 506 g/mol. The van der Waals surface area contributed by atoms with E-state index in [9.17, 15) is 18.0 Å². The first-order valence-electron chi connectivity index (χ1n) is 11.4. The van der Waals surface area contributed by atoms with E-state index in [-0.39, 0.29) is 12.5 Å². The van der Waals surface area contributed by atoms with Crippen molar-refractivity contribution in [2.75, 3.05) is 37.9 Å². The van der Waals surface area contributed by atoms with Crippen molar-refractivity contribution in [3.63, 3.8) is 0 Å². The van der Waals surface area contributed by atoms with E-state index in [4.69, 9.17) is 9.47 Å². The summed E-state index contributed by atoms with van der Waals surface area (Å²) in [5.74, 6) is 0.255. The van der Waals surface area contributed by atoms with Gasteiger partial charge in [-0.05, 0) is 43.2 Å². The molecule has 9 nitrogen and oxygen atoms in total. The van der Waals surface area contributed by atoms with Gasteiger partial charge in [0.25, 0.3) is 0 Å². The maximum atomic E-state index is 13.5. The molecule has 0 aliphatic rings. The molecule has 0 bridgehead atoms. The Kier molecular flexibility index (Phi) is 10.4. The van der Waals surface area contributed by atoms with Crippen molar-refractivity contribution >= 4 is 27.5 Å². The lowest BCUT2D eigenvalue weighted by Gasteiger charge is -2.31. The zero-order valence-corrected chi connectivity index (χ0v) is 21.8. The van der Waals surface area contributed by atoms with E-state index in [1.54, 1.807) is 56.5 Å². The van der Waals surface area contributed by atoms with Crippen LogP contribution in [0.1, 0.15) is 32.3 Å². The molecule has 10 heteroatoms. The molecule has 0 aromatic heterocycles. The molecule has 192 valence electrons. The fraction of sp³-hybridized carbons (Fsp3) is 0.440. The zero-order chi connectivity index (χ0) is 26.0. The van der Waals surface area contributed by atoms with Crippen molar-refractivity contribution < 1.29 is 27.5 Å². The molecule has 2 rings (SSSR count). The molecule has 1 N–H and O–H groups in total. The van der Waals surface area contributed by atoms with Crippen molar-refractivity contribution in [1.29, 1.82) is 0 Å². The number of unbranched alkanes of at least 4 members (excludes halogenated alkanes) is 1. The van der Waals surface area contributed by atoms with Crippen molar-refractivity contribution in [3.05, 3.63) is 54.1 Å². The number of carbonyl (C=O) groups is 2. The monoisotopic (exact) mass is 505 g/mol. The first-order valence-corrected chi connectivity index (χ1v) is 13.3. The molecule has 0 heterocycles. The van der Waals surface area contributed by atoms with E-state index in [0.717, 1.165) is 29.0 Å². The number of hydrogen-bond acceptors (Lipinski definition) is 6. The molecule has 1 atom stereocenters. The van der Waals surface area contributed by atoms with Crippen LogP contribution < -0.4 is 19.1 Å². The van der Waals surface area contributed by atoms with Gasteiger partial charge in [-0.15, -0.1) is 0 Å². The third kappa shape index (κ3) is 8.17. The molecule has 0 spiro atoms. The number of sulfonamides is 1. The fourth-order valence-corrected chi connectivity index (χ4v) is 4.31. The Bertz CT molecular complexity index is 1110. The normalized spacial score (nSPS) is 11.9. The smallest absolute Gasteiger partial charge is 0.244 e. The van der Waals surface area contributed by atoms with Crippen LogP contribution in [0.2, 0.25) is 0 Å². The SMILES string of the molecule is CCCCNC(=O)C(C)N(Cc1cccc(OC)c1)C(=O)CN(c1cccc(OC)c1)S(C)(=O)=O. The van der Waals surface area contributed by atoms with Crippen LogP contribution in [0.3, 0.4) is 0 Å². The molecule has 35 heavy (non-hydrogen) atoms. The Morgan fingerprint density at radius 2 is 1.66 bits per heavy atom. The van der Waals surface area contributed by atoms with Gasteiger partial charge in [0.1, 0.15) is 24.1 Å². The van der Waals surface area contributed by atoms with Crippen molar-refractivity contribution in [2.45, 2.75) is 39.3 Å². The number of amides is 2. The Morgan fingerprint density at radius 3 is 2.26 bits per heavy atom. The third-order valence-corrected chi connectivity index (χ3v) is 6.65. The van der Waals surface area contributed by atoms with Gasteiger partial charge in [0.05, 0.1) is 26.2 Å². The van der Waals surface area contributed by atoms with Gasteiger partial charge >= 0.3 is 0 Å². The van der Waals surface area contributed by atoms with E-state index >= 15 is 0 Å². The largest absolute Gasteiger partial charge is 0.497 e. The van der Waals surface area contributed by atoms with Crippen LogP contribution in [0.4, 0.5) is 5.69 Å². The summed E-state index contributed by atoms with van der Waals surface area (Å²) < 4.78 is 36.8. The van der Waals surface area contributed by atoms with Crippen LogP contribution in [-0.4, -0.2) is 64.7 Å². The van der Waals surface area contributed by atoms with E-state index in [1.807, 2.05) is 13.0 Å². The van der Waals surface area contributed by atoms with E-state index in [0.29, 0.717) is 23.7 Å². The highest BCUT2D eigenvalue weighted by atomic mass is 32.2. The standard InChI is InChI=1S/C25H35N3O6S/c1-6-7-14-26-25(30)19(2)27(17-20-10-8-12-22(15-20)33-3)24(29)18-28(35(5,31)32)21-11-9-13-23(16-21)34-4/h8-13,15-16,19H,6-7,14,17-18H2,1-5H3,(H,26,30). The molecular formula is C25H35N3O6S. The Balaban J connectivity index is 2.37. The van der Waals surface area contributed by atoms with Gasteiger partial charge in [0, 0.05) is 19.2 Å². The summed E-state index contributed by atoms with van der Waals surface area (Å²) in [7, 11) is -0.787. The fourth-order valence-electron chi connectivity index (χ4n) is 3.47. The van der Waals surface area contributed by atoms with Gasteiger partial charge in [-0.25, -0.2) is 8.42 Å². The van der Waals surface area contributed by atoms with Gasteiger partial charge in [-0.3, -0.25) is 13.9 Å². The molecular weight excluding hydrogens is 470 g/mol. The maximum absolute atomic E-state index is 13.5.